The summed E-state index contributed by atoms with van der Waals surface area (Å²) in [6.07, 6.45) is 0. The lowest BCUT2D eigenvalue weighted by Gasteiger charge is -2.13. The van der Waals surface area contributed by atoms with E-state index in [9.17, 15) is 10.1 Å². The maximum atomic E-state index is 12.4. The van der Waals surface area contributed by atoms with E-state index in [-0.39, 0.29) is 5.91 Å². The lowest BCUT2D eigenvalue weighted by atomic mass is 9.92. The number of hydrogen-bond acceptors (Lipinski definition) is 3. The second-order valence-corrected chi connectivity index (χ2v) is 6.36. The topological polar surface area (TPSA) is 70.7 Å². The van der Waals surface area contributed by atoms with E-state index in [1.807, 2.05) is 37.3 Å². The van der Waals surface area contributed by atoms with Crippen LogP contribution in [0.25, 0.3) is 0 Å². The molecule has 130 valence electrons. The molecule has 0 radical (unpaired) electrons. The van der Waals surface area contributed by atoms with Gasteiger partial charge in [-0.1, -0.05) is 48.0 Å². The highest BCUT2D eigenvalue weighted by Crippen LogP contribution is 2.31. The Kier molecular flexibility index (Phi) is 5.06. The van der Waals surface area contributed by atoms with Gasteiger partial charge in [0.05, 0.1) is 17.7 Å². The molecule has 0 saturated heterocycles. The Morgan fingerprint density at radius 2 is 1.96 bits per heavy atom. The number of nitriles is 1. The summed E-state index contributed by atoms with van der Waals surface area (Å²) < 4.78 is 1.53. The summed E-state index contributed by atoms with van der Waals surface area (Å²) in [5.41, 5.74) is 3.37. The van der Waals surface area contributed by atoms with E-state index in [2.05, 4.69) is 16.5 Å². The van der Waals surface area contributed by atoms with Crippen LogP contribution in [0.3, 0.4) is 0 Å². The molecular formula is C20H17ClN4O. The van der Waals surface area contributed by atoms with Crippen LogP contribution in [0.15, 0.2) is 54.6 Å². The first-order chi connectivity index (χ1) is 12.5. The number of aryl methyl sites for hydroxylation is 2. The van der Waals surface area contributed by atoms with Gasteiger partial charge in [0.15, 0.2) is 0 Å². The van der Waals surface area contributed by atoms with Crippen LogP contribution >= 0.6 is 11.6 Å². The smallest absolute Gasteiger partial charge is 0.273 e. The molecule has 1 atom stereocenters. The minimum atomic E-state index is -0.465. The summed E-state index contributed by atoms with van der Waals surface area (Å²) in [7, 11) is 1.72. The number of aromatic nitrogens is 2. The van der Waals surface area contributed by atoms with Crippen LogP contribution in [0, 0.1) is 18.3 Å². The highest BCUT2D eigenvalue weighted by molar-refractivity contribution is 6.31. The Balaban J connectivity index is 1.85. The number of carbonyl (C=O) groups excluding carboxylic acids is 1. The van der Waals surface area contributed by atoms with Crippen molar-refractivity contribution in [3.05, 3.63) is 82.1 Å². The summed E-state index contributed by atoms with van der Waals surface area (Å²) in [6.45, 7) is 1.83. The van der Waals surface area contributed by atoms with E-state index in [4.69, 9.17) is 11.6 Å². The third-order valence-corrected chi connectivity index (χ3v) is 4.39. The highest BCUT2D eigenvalue weighted by Gasteiger charge is 2.18. The molecule has 26 heavy (non-hydrogen) atoms. The SMILES string of the molecule is Cc1cc(C(=O)Nc2ccc(C(C#N)c3ccccc3)c(Cl)c2)n(C)n1. The molecule has 0 aliphatic carbocycles. The van der Waals surface area contributed by atoms with Crippen LogP contribution in [0.5, 0.6) is 0 Å². The third kappa shape index (κ3) is 3.61. The van der Waals surface area contributed by atoms with Gasteiger partial charge in [-0.05, 0) is 36.2 Å². The first-order valence-electron chi connectivity index (χ1n) is 8.05. The maximum Gasteiger partial charge on any atom is 0.273 e. The zero-order valence-electron chi connectivity index (χ0n) is 14.4. The van der Waals surface area contributed by atoms with Crippen LogP contribution in [0.1, 0.15) is 33.2 Å². The van der Waals surface area contributed by atoms with E-state index in [0.29, 0.717) is 22.0 Å². The molecule has 2 aromatic carbocycles. The van der Waals surface area contributed by atoms with Gasteiger partial charge in [0.2, 0.25) is 0 Å². The van der Waals surface area contributed by atoms with E-state index in [0.717, 1.165) is 11.3 Å². The van der Waals surface area contributed by atoms with Gasteiger partial charge >= 0.3 is 0 Å². The van der Waals surface area contributed by atoms with Crippen molar-refractivity contribution >= 4 is 23.2 Å². The van der Waals surface area contributed by atoms with Crippen LogP contribution in [-0.2, 0) is 7.05 Å². The molecule has 1 heterocycles. The molecular weight excluding hydrogens is 348 g/mol. The normalized spacial score (nSPS) is 11.6. The number of halogens is 1. The fraction of sp³-hybridized carbons (Fsp3) is 0.150. The molecule has 5 nitrogen and oxygen atoms in total. The lowest BCUT2D eigenvalue weighted by Crippen LogP contribution is -2.16. The Labute approximate surface area is 156 Å². The van der Waals surface area contributed by atoms with Crippen molar-refractivity contribution in [3.63, 3.8) is 0 Å². The van der Waals surface area contributed by atoms with Gasteiger partial charge in [0.25, 0.3) is 5.91 Å². The van der Waals surface area contributed by atoms with Crippen molar-refractivity contribution in [3.8, 4) is 6.07 Å². The van der Waals surface area contributed by atoms with E-state index < -0.39 is 5.92 Å². The number of benzene rings is 2. The zero-order chi connectivity index (χ0) is 18.7. The average Bonchev–Trinajstić information content (AvgIpc) is 2.97. The molecule has 1 N–H and O–H groups in total. The Morgan fingerprint density at radius 1 is 1.23 bits per heavy atom. The molecule has 3 aromatic rings. The largest absolute Gasteiger partial charge is 0.321 e. The van der Waals surface area contributed by atoms with Crippen LogP contribution in [0.2, 0.25) is 5.02 Å². The number of nitrogens with one attached hydrogen (secondary N) is 1. The molecule has 1 amide bonds. The average molecular weight is 365 g/mol. The van der Waals surface area contributed by atoms with E-state index in [1.165, 1.54) is 4.68 Å². The highest BCUT2D eigenvalue weighted by atomic mass is 35.5. The summed E-state index contributed by atoms with van der Waals surface area (Å²) in [6, 6.07) is 18.6. The van der Waals surface area contributed by atoms with Crippen LogP contribution < -0.4 is 5.32 Å². The van der Waals surface area contributed by atoms with Crippen molar-refractivity contribution in [2.24, 2.45) is 7.05 Å². The van der Waals surface area contributed by atoms with Gasteiger partial charge in [-0.25, -0.2) is 0 Å². The zero-order valence-corrected chi connectivity index (χ0v) is 15.2. The minimum absolute atomic E-state index is 0.267. The molecule has 0 spiro atoms. The lowest BCUT2D eigenvalue weighted by molar-refractivity contribution is 0.101. The second kappa shape index (κ2) is 7.42. The predicted octanol–water partition coefficient (Wildman–Crippen LogP) is 4.29. The van der Waals surface area contributed by atoms with Crippen molar-refractivity contribution in [1.82, 2.24) is 9.78 Å². The molecule has 0 saturated carbocycles. The Hall–Kier alpha value is -3.10. The number of anilines is 1. The maximum absolute atomic E-state index is 12.4. The molecule has 6 heteroatoms. The summed E-state index contributed by atoms with van der Waals surface area (Å²) >= 11 is 6.40. The van der Waals surface area contributed by atoms with Gasteiger partial charge in [-0.3, -0.25) is 9.48 Å². The monoisotopic (exact) mass is 364 g/mol. The standard InChI is InChI=1S/C20H17ClN4O/c1-13-10-19(25(2)24-13)20(26)23-15-8-9-16(18(21)11-15)17(12-22)14-6-4-3-5-7-14/h3-11,17H,1-2H3,(H,23,26). The quantitative estimate of drug-likeness (QED) is 0.750. The number of nitrogens with zero attached hydrogens (tertiary/aromatic N) is 3. The molecule has 0 bridgehead atoms. The summed E-state index contributed by atoms with van der Waals surface area (Å²) in [5.74, 6) is -0.731. The van der Waals surface area contributed by atoms with Crippen LogP contribution in [-0.4, -0.2) is 15.7 Å². The van der Waals surface area contributed by atoms with Gasteiger partial charge in [0.1, 0.15) is 5.69 Å². The predicted molar refractivity (Wildman–Crippen MR) is 101 cm³/mol. The first-order valence-corrected chi connectivity index (χ1v) is 8.43. The van der Waals surface area contributed by atoms with Crippen molar-refractivity contribution in [2.75, 3.05) is 5.32 Å². The summed E-state index contributed by atoms with van der Waals surface area (Å²) in [5, 5.41) is 17.0. The third-order valence-electron chi connectivity index (χ3n) is 4.07. The molecule has 3 rings (SSSR count). The number of carbonyl (C=O) groups is 1. The molecule has 1 unspecified atom stereocenters. The van der Waals surface area contributed by atoms with Gasteiger partial charge in [-0.2, -0.15) is 10.4 Å². The van der Waals surface area contributed by atoms with Crippen molar-refractivity contribution in [2.45, 2.75) is 12.8 Å². The molecule has 1 aromatic heterocycles. The molecule has 0 aliphatic heterocycles. The minimum Gasteiger partial charge on any atom is -0.321 e. The van der Waals surface area contributed by atoms with Crippen LogP contribution in [0.4, 0.5) is 5.69 Å². The van der Waals surface area contributed by atoms with Gasteiger partial charge in [0, 0.05) is 17.8 Å². The summed E-state index contributed by atoms with van der Waals surface area (Å²) in [4.78, 5) is 12.4. The Bertz CT molecular complexity index is 989. The van der Waals surface area contributed by atoms with Gasteiger partial charge in [-0.15, -0.1) is 0 Å². The molecule has 0 aliphatic rings. The number of hydrogen-bond donors (Lipinski definition) is 1. The van der Waals surface area contributed by atoms with Gasteiger partial charge < -0.3 is 5.32 Å². The molecule has 0 fully saturated rings. The number of rotatable bonds is 4. The second-order valence-electron chi connectivity index (χ2n) is 5.96. The fourth-order valence-corrected chi connectivity index (χ4v) is 3.12. The van der Waals surface area contributed by atoms with E-state index >= 15 is 0 Å². The fourth-order valence-electron chi connectivity index (χ4n) is 2.83. The number of amides is 1. The van der Waals surface area contributed by atoms with Crippen molar-refractivity contribution in [1.29, 1.82) is 5.26 Å². The van der Waals surface area contributed by atoms with E-state index in [1.54, 1.807) is 31.3 Å². The first kappa shape index (κ1) is 17.7. The van der Waals surface area contributed by atoms with Crippen molar-refractivity contribution < 1.29 is 4.79 Å². The Morgan fingerprint density at radius 3 is 2.54 bits per heavy atom.